The molecule has 0 radical (unpaired) electrons. The molecule has 0 aliphatic heterocycles. The lowest BCUT2D eigenvalue weighted by Gasteiger charge is -2.08. The number of nitro benzene ring substituents is 1. The number of H-pyrrole nitrogens is 1. The zero-order chi connectivity index (χ0) is 13.3. The molecule has 18 heavy (non-hydrogen) atoms. The third-order valence-electron chi connectivity index (χ3n) is 2.29. The molecule has 0 unspecified atom stereocenters. The summed E-state index contributed by atoms with van der Waals surface area (Å²) in [6, 6.07) is 2.42. The Morgan fingerprint density at radius 3 is 2.44 bits per heavy atom. The lowest BCUT2D eigenvalue weighted by atomic mass is 10.0. The Kier molecular flexibility index (Phi) is 2.77. The number of nitro groups is 1. The van der Waals surface area contributed by atoms with Crippen molar-refractivity contribution in [2.24, 2.45) is 0 Å². The number of non-ortho nitro benzene ring substituents is 1. The van der Waals surface area contributed by atoms with Crippen molar-refractivity contribution in [1.29, 1.82) is 0 Å². The van der Waals surface area contributed by atoms with E-state index in [0.717, 1.165) is 12.1 Å². The minimum absolute atomic E-state index is 0.0882. The summed E-state index contributed by atoms with van der Waals surface area (Å²) < 4.78 is 37.8. The van der Waals surface area contributed by atoms with Crippen LogP contribution in [0.1, 0.15) is 5.56 Å². The number of aromatic amines is 1. The van der Waals surface area contributed by atoms with Crippen LogP contribution < -0.4 is 0 Å². The van der Waals surface area contributed by atoms with E-state index >= 15 is 0 Å². The normalized spacial score (nSPS) is 11.5. The van der Waals surface area contributed by atoms with E-state index in [2.05, 4.69) is 10.2 Å². The van der Waals surface area contributed by atoms with E-state index in [4.69, 9.17) is 0 Å². The molecular weight excluding hydrogens is 251 g/mol. The van der Waals surface area contributed by atoms with Gasteiger partial charge in [-0.25, -0.2) is 0 Å². The molecule has 0 aliphatic carbocycles. The van der Waals surface area contributed by atoms with Crippen molar-refractivity contribution in [2.75, 3.05) is 0 Å². The number of rotatable bonds is 2. The number of alkyl halides is 3. The number of halogens is 3. The van der Waals surface area contributed by atoms with Gasteiger partial charge in [-0.15, -0.1) is 0 Å². The molecule has 0 bridgehead atoms. The predicted octanol–water partition coefficient (Wildman–Crippen LogP) is 3.00. The standard InChI is InChI=1S/C10H6F3N3O2/c11-10(12,13)8-1-6(7-4-14-15-5-7)2-9(3-8)16(17)18/h1-5H,(H,14,15). The first-order valence-corrected chi connectivity index (χ1v) is 4.74. The van der Waals surface area contributed by atoms with Gasteiger partial charge >= 0.3 is 6.18 Å². The van der Waals surface area contributed by atoms with Crippen LogP contribution in [-0.2, 0) is 6.18 Å². The van der Waals surface area contributed by atoms with E-state index in [9.17, 15) is 23.3 Å². The minimum Gasteiger partial charge on any atom is -0.285 e. The Morgan fingerprint density at radius 2 is 1.94 bits per heavy atom. The summed E-state index contributed by atoms with van der Waals surface area (Å²) in [5, 5.41) is 16.6. The summed E-state index contributed by atoms with van der Waals surface area (Å²) in [4.78, 5) is 9.75. The molecule has 94 valence electrons. The molecule has 1 aromatic carbocycles. The highest BCUT2D eigenvalue weighted by Gasteiger charge is 2.32. The first-order chi connectivity index (χ1) is 8.38. The molecule has 0 aliphatic rings. The molecule has 0 spiro atoms. The summed E-state index contributed by atoms with van der Waals surface area (Å²) in [5.74, 6) is 0. The molecule has 5 nitrogen and oxygen atoms in total. The SMILES string of the molecule is O=[N+]([O-])c1cc(-c2cn[nH]c2)cc(C(F)(F)F)c1. The Labute approximate surface area is 98.4 Å². The molecule has 2 aromatic rings. The number of nitrogens with zero attached hydrogens (tertiary/aromatic N) is 2. The summed E-state index contributed by atoms with van der Waals surface area (Å²) >= 11 is 0. The van der Waals surface area contributed by atoms with Crippen molar-refractivity contribution in [2.45, 2.75) is 6.18 Å². The van der Waals surface area contributed by atoms with Crippen molar-refractivity contribution in [3.8, 4) is 11.1 Å². The Hall–Kier alpha value is -2.38. The number of hydrogen-bond acceptors (Lipinski definition) is 3. The van der Waals surface area contributed by atoms with Gasteiger partial charge in [-0.1, -0.05) is 0 Å². The lowest BCUT2D eigenvalue weighted by Crippen LogP contribution is -2.06. The highest BCUT2D eigenvalue weighted by Crippen LogP contribution is 2.35. The van der Waals surface area contributed by atoms with Crippen LogP contribution in [0.2, 0.25) is 0 Å². The van der Waals surface area contributed by atoms with Gasteiger partial charge in [0.1, 0.15) is 0 Å². The zero-order valence-electron chi connectivity index (χ0n) is 8.73. The van der Waals surface area contributed by atoms with Crippen molar-refractivity contribution in [1.82, 2.24) is 10.2 Å². The predicted molar refractivity (Wildman–Crippen MR) is 55.7 cm³/mol. The van der Waals surface area contributed by atoms with Crippen molar-refractivity contribution in [3.63, 3.8) is 0 Å². The van der Waals surface area contributed by atoms with Crippen LogP contribution in [0.5, 0.6) is 0 Å². The van der Waals surface area contributed by atoms with E-state index in [1.54, 1.807) is 0 Å². The van der Waals surface area contributed by atoms with E-state index < -0.39 is 22.4 Å². The van der Waals surface area contributed by atoms with Gasteiger partial charge in [0.2, 0.25) is 0 Å². The van der Waals surface area contributed by atoms with Gasteiger partial charge in [-0.2, -0.15) is 18.3 Å². The second-order valence-electron chi connectivity index (χ2n) is 3.51. The fraction of sp³-hybridized carbons (Fsp3) is 0.100. The average molecular weight is 257 g/mol. The highest BCUT2D eigenvalue weighted by molar-refractivity contribution is 5.66. The first kappa shape index (κ1) is 12.1. The monoisotopic (exact) mass is 257 g/mol. The molecule has 1 heterocycles. The molecule has 0 atom stereocenters. The van der Waals surface area contributed by atoms with Crippen molar-refractivity contribution >= 4 is 5.69 Å². The second kappa shape index (κ2) is 4.13. The molecule has 2 rings (SSSR count). The molecule has 0 amide bonds. The van der Waals surface area contributed by atoms with E-state index in [-0.39, 0.29) is 5.56 Å². The maximum absolute atomic E-state index is 12.6. The number of hydrogen-bond donors (Lipinski definition) is 1. The molecular formula is C10H6F3N3O2. The van der Waals surface area contributed by atoms with E-state index in [1.807, 2.05) is 0 Å². The van der Waals surface area contributed by atoms with E-state index in [0.29, 0.717) is 11.6 Å². The molecule has 0 fully saturated rings. The van der Waals surface area contributed by atoms with Crippen LogP contribution in [0.25, 0.3) is 11.1 Å². The van der Waals surface area contributed by atoms with Crippen LogP contribution in [0, 0.1) is 10.1 Å². The second-order valence-corrected chi connectivity index (χ2v) is 3.51. The molecule has 8 heteroatoms. The smallest absolute Gasteiger partial charge is 0.285 e. The van der Waals surface area contributed by atoms with Crippen LogP contribution in [0.4, 0.5) is 18.9 Å². The van der Waals surface area contributed by atoms with Gasteiger partial charge in [0.15, 0.2) is 0 Å². The van der Waals surface area contributed by atoms with E-state index in [1.165, 1.54) is 12.4 Å². The topological polar surface area (TPSA) is 71.8 Å². The number of aromatic nitrogens is 2. The Bertz CT molecular complexity index is 579. The van der Waals surface area contributed by atoms with Crippen molar-refractivity contribution in [3.05, 3.63) is 46.3 Å². The highest BCUT2D eigenvalue weighted by atomic mass is 19.4. The summed E-state index contributed by atoms with van der Waals surface area (Å²) in [7, 11) is 0. The fourth-order valence-corrected chi connectivity index (χ4v) is 1.46. The molecule has 0 saturated carbocycles. The zero-order valence-corrected chi connectivity index (χ0v) is 8.73. The van der Waals surface area contributed by atoms with Gasteiger partial charge in [0.25, 0.3) is 5.69 Å². The molecule has 0 saturated heterocycles. The van der Waals surface area contributed by atoms with Gasteiger partial charge in [-0.3, -0.25) is 15.2 Å². The quantitative estimate of drug-likeness (QED) is 0.664. The average Bonchev–Trinajstić information content (AvgIpc) is 2.80. The largest absolute Gasteiger partial charge is 0.416 e. The molecule has 1 N–H and O–H groups in total. The number of benzene rings is 1. The van der Waals surface area contributed by atoms with Crippen molar-refractivity contribution < 1.29 is 18.1 Å². The fourth-order valence-electron chi connectivity index (χ4n) is 1.46. The van der Waals surface area contributed by atoms with Crippen LogP contribution in [-0.4, -0.2) is 15.1 Å². The van der Waals surface area contributed by atoms with Gasteiger partial charge in [0.05, 0.1) is 16.7 Å². The maximum atomic E-state index is 12.6. The summed E-state index contributed by atoms with van der Waals surface area (Å²) in [6.07, 6.45) is -1.98. The van der Waals surface area contributed by atoms with Crippen LogP contribution in [0.15, 0.2) is 30.6 Å². The Balaban J connectivity index is 2.61. The summed E-state index contributed by atoms with van der Waals surface area (Å²) in [5.41, 5.74) is -1.23. The summed E-state index contributed by atoms with van der Waals surface area (Å²) in [6.45, 7) is 0. The Morgan fingerprint density at radius 1 is 1.22 bits per heavy atom. The van der Waals surface area contributed by atoms with Gasteiger partial charge in [-0.05, 0) is 11.6 Å². The molecule has 1 aromatic heterocycles. The first-order valence-electron chi connectivity index (χ1n) is 4.74. The third-order valence-corrected chi connectivity index (χ3v) is 2.29. The lowest BCUT2D eigenvalue weighted by molar-refractivity contribution is -0.385. The van der Waals surface area contributed by atoms with Crippen LogP contribution in [0.3, 0.4) is 0 Å². The van der Waals surface area contributed by atoms with Gasteiger partial charge < -0.3 is 0 Å². The number of nitrogens with one attached hydrogen (secondary N) is 1. The van der Waals surface area contributed by atoms with Crippen LogP contribution >= 0.6 is 0 Å². The maximum Gasteiger partial charge on any atom is 0.416 e. The van der Waals surface area contributed by atoms with Gasteiger partial charge in [0, 0.05) is 23.9 Å². The minimum atomic E-state index is -4.63. The third kappa shape index (κ3) is 2.31.